The van der Waals surface area contributed by atoms with Crippen molar-refractivity contribution in [3.8, 4) is 0 Å². The Bertz CT molecular complexity index is 408. The molecule has 0 spiro atoms. The van der Waals surface area contributed by atoms with E-state index in [-0.39, 0.29) is 43.4 Å². The molecule has 0 aromatic heterocycles. The van der Waals surface area contributed by atoms with Crippen LogP contribution in [0.25, 0.3) is 0 Å². The van der Waals surface area contributed by atoms with Crippen LogP contribution in [0.15, 0.2) is 146 Å². The zero-order chi connectivity index (χ0) is 17.0. The van der Waals surface area contributed by atoms with Crippen LogP contribution in [0.1, 0.15) is 0 Å². The summed E-state index contributed by atoms with van der Waals surface area (Å²) in [5, 5.41) is 0. The Balaban J connectivity index is 0. The normalized spacial score (nSPS) is 22.2. The second-order valence-corrected chi connectivity index (χ2v) is 4.62. The van der Waals surface area contributed by atoms with Gasteiger partial charge in [-0.1, -0.05) is 146 Å². The minimum Gasteiger partial charge on any atom is -0.0623 e. The van der Waals surface area contributed by atoms with Crippen molar-refractivity contribution in [2.24, 2.45) is 0 Å². The maximum Gasteiger partial charge on any atom is 0 e. The van der Waals surface area contributed by atoms with Crippen LogP contribution in [0.2, 0.25) is 0 Å². The number of allylic oxidation sites excluding steroid dienone is 24. The maximum atomic E-state index is 2.00. The quantitative estimate of drug-likeness (QED) is 0.393. The van der Waals surface area contributed by atoms with Crippen LogP contribution in [-0.2, 0) is 43.4 Å². The molecular weight excluding hydrogens is 384 g/mol. The molecule has 0 saturated carbocycles. The fraction of sp³-hybridized carbons (Fsp3) is 0. The molecule has 0 saturated heterocycles. The molecule has 0 bridgehead atoms. The molecule has 3 aliphatic carbocycles. The molecule has 0 aromatic rings. The van der Waals surface area contributed by atoms with Gasteiger partial charge in [0.25, 0.3) is 0 Å². The van der Waals surface area contributed by atoms with Gasteiger partial charge in [-0.3, -0.25) is 0 Å². The topological polar surface area (TPSA) is 0 Å². The van der Waals surface area contributed by atoms with Gasteiger partial charge in [-0.15, -0.1) is 0 Å². The van der Waals surface area contributed by atoms with Crippen molar-refractivity contribution in [1.82, 2.24) is 0 Å². The van der Waals surface area contributed by atoms with E-state index in [1.807, 2.05) is 146 Å². The Labute approximate surface area is 188 Å². The van der Waals surface area contributed by atoms with Crippen LogP contribution < -0.4 is 0 Å². The smallest absolute Gasteiger partial charge is 0 e. The summed E-state index contributed by atoms with van der Waals surface area (Å²) in [7, 11) is 0. The number of rotatable bonds is 0. The second kappa shape index (κ2) is 23.3. The molecule has 26 heavy (non-hydrogen) atoms. The third kappa shape index (κ3) is 20.4. The minimum atomic E-state index is 0. The summed E-state index contributed by atoms with van der Waals surface area (Å²) >= 11 is 0. The molecule has 3 rings (SSSR count). The Hall–Kier alpha value is -1.69. The minimum absolute atomic E-state index is 0. The third-order valence-corrected chi connectivity index (χ3v) is 2.67. The average Bonchev–Trinajstić information content (AvgIpc) is 2.46. The van der Waals surface area contributed by atoms with E-state index in [0.29, 0.717) is 0 Å². The molecule has 2 heteroatoms. The first-order valence-corrected chi connectivity index (χ1v) is 8.00. The fourth-order valence-electron chi connectivity index (χ4n) is 1.54. The van der Waals surface area contributed by atoms with Gasteiger partial charge >= 0.3 is 0 Å². The summed E-state index contributed by atoms with van der Waals surface area (Å²) in [6, 6.07) is 0. The van der Waals surface area contributed by atoms with Crippen LogP contribution in [0.3, 0.4) is 0 Å². The summed E-state index contributed by atoms with van der Waals surface area (Å²) in [6.45, 7) is 0. The summed E-state index contributed by atoms with van der Waals surface area (Å²) in [4.78, 5) is 0. The van der Waals surface area contributed by atoms with Crippen molar-refractivity contribution < 1.29 is 43.4 Å². The van der Waals surface area contributed by atoms with Crippen molar-refractivity contribution in [2.75, 3.05) is 0 Å². The predicted molar refractivity (Wildman–Crippen MR) is 110 cm³/mol. The second-order valence-electron chi connectivity index (χ2n) is 4.62. The molecule has 0 amide bonds. The zero-order valence-corrected chi connectivity index (χ0v) is 18.0. The van der Waals surface area contributed by atoms with Crippen LogP contribution >= 0.6 is 0 Å². The van der Waals surface area contributed by atoms with E-state index in [1.54, 1.807) is 0 Å². The van der Waals surface area contributed by atoms with Gasteiger partial charge < -0.3 is 0 Å². The monoisotopic (exact) mass is 408 g/mol. The van der Waals surface area contributed by atoms with Gasteiger partial charge in [-0.25, -0.2) is 0 Å². The van der Waals surface area contributed by atoms with Crippen molar-refractivity contribution in [3.63, 3.8) is 0 Å². The fourth-order valence-corrected chi connectivity index (χ4v) is 1.54. The van der Waals surface area contributed by atoms with E-state index in [0.717, 1.165) is 0 Å². The van der Waals surface area contributed by atoms with Crippen LogP contribution in [0.5, 0.6) is 0 Å². The molecule has 128 valence electrons. The molecular formula is C24H24Ti2. The summed E-state index contributed by atoms with van der Waals surface area (Å²) in [6.07, 6.45) is 48.0. The van der Waals surface area contributed by atoms with E-state index in [9.17, 15) is 0 Å². The van der Waals surface area contributed by atoms with Gasteiger partial charge in [-0.2, -0.15) is 0 Å². The number of hydrogen-bond donors (Lipinski definition) is 0. The molecule has 0 fully saturated rings. The van der Waals surface area contributed by atoms with Gasteiger partial charge in [0, 0.05) is 43.4 Å². The van der Waals surface area contributed by atoms with Crippen molar-refractivity contribution in [3.05, 3.63) is 146 Å². The first-order valence-electron chi connectivity index (χ1n) is 8.00. The van der Waals surface area contributed by atoms with Crippen LogP contribution in [0.4, 0.5) is 0 Å². The Morgan fingerprint density at radius 1 is 0.115 bits per heavy atom. The van der Waals surface area contributed by atoms with Gasteiger partial charge in [0.1, 0.15) is 0 Å². The Kier molecular flexibility index (Phi) is 23.8. The van der Waals surface area contributed by atoms with E-state index in [2.05, 4.69) is 0 Å². The first kappa shape index (κ1) is 26.5. The van der Waals surface area contributed by atoms with E-state index < -0.39 is 0 Å². The molecule has 0 nitrogen and oxygen atoms in total. The van der Waals surface area contributed by atoms with Gasteiger partial charge in [0.15, 0.2) is 0 Å². The Morgan fingerprint density at radius 3 is 0.192 bits per heavy atom. The summed E-state index contributed by atoms with van der Waals surface area (Å²) in [5.74, 6) is 0. The zero-order valence-electron chi connectivity index (χ0n) is 14.9. The largest absolute Gasteiger partial charge is 0.0623 e. The molecule has 3 aliphatic rings. The Morgan fingerprint density at radius 2 is 0.154 bits per heavy atom. The molecule has 0 aromatic carbocycles. The predicted octanol–water partition coefficient (Wildman–Crippen LogP) is 6.67. The van der Waals surface area contributed by atoms with Gasteiger partial charge in [0.05, 0.1) is 0 Å². The van der Waals surface area contributed by atoms with Crippen molar-refractivity contribution in [1.29, 1.82) is 0 Å². The standard InChI is InChI=1S/3C8H8.2Ti/c3*1-2-4-6-8-7-5-3-1;;/h3*1-8H;;/b3*2-1-,3-1?,4-2?,5-3-,6-4?,7-5?,8-6?,8-7?;;. The van der Waals surface area contributed by atoms with Crippen LogP contribution in [-0.4, -0.2) is 0 Å². The van der Waals surface area contributed by atoms with E-state index >= 15 is 0 Å². The molecule has 0 N–H and O–H groups in total. The molecule has 0 unspecified atom stereocenters. The van der Waals surface area contributed by atoms with Crippen molar-refractivity contribution >= 4 is 0 Å². The van der Waals surface area contributed by atoms with E-state index in [1.165, 1.54) is 0 Å². The molecule has 0 radical (unpaired) electrons. The molecule has 0 atom stereocenters. The van der Waals surface area contributed by atoms with Gasteiger partial charge in [-0.05, 0) is 0 Å². The first-order chi connectivity index (χ1) is 12.0. The SMILES string of the molecule is C1=C/C=C\C=C/C=C1.C1=C/C=C\C=C/C=C1.C1=C/C=C\C=C/C=C1.[Ti].[Ti]. The van der Waals surface area contributed by atoms with E-state index in [4.69, 9.17) is 0 Å². The van der Waals surface area contributed by atoms with Gasteiger partial charge in [0.2, 0.25) is 0 Å². The summed E-state index contributed by atoms with van der Waals surface area (Å²) in [5.41, 5.74) is 0. The molecule has 0 heterocycles. The van der Waals surface area contributed by atoms with Crippen LogP contribution in [0, 0.1) is 0 Å². The average molecular weight is 408 g/mol. The number of hydrogen-bond acceptors (Lipinski definition) is 0. The van der Waals surface area contributed by atoms with Crippen molar-refractivity contribution in [2.45, 2.75) is 0 Å². The maximum absolute atomic E-state index is 2.00. The summed E-state index contributed by atoms with van der Waals surface area (Å²) < 4.78 is 0. The third-order valence-electron chi connectivity index (χ3n) is 2.67. The molecule has 0 aliphatic heterocycles.